The third kappa shape index (κ3) is 9.83. The summed E-state index contributed by atoms with van der Waals surface area (Å²) in [5.74, 6) is 0.944. The Hall–Kier alpha value is -1.08. The van der Waals surface area contributed by atoms with Crippen molar-refractivity contribution in [3.8, 4) is 6.07 Å². The third-order valence-corrected chi connectivity index (χ3v) is 2.65. The van der Waals surface area contributed by atoms with Gasteiger partial charge in [-0.3, -0.25) is 4.79 Å². The van der Waals surface area contributed by atoms with Crippen LogP contribution in [0.2, 0.25) is 0 Å². The average Bonchev–Trinajstić information content (AvgIpc) is 2.27. The molecule has 0 unspecified atom stereocenters. The summed E-state index contributed by atoms with van der Waals surface area (Å²) in [5, 5.41) is 11.2. The van der Waals surface area contributed by atoms with Crippen molar-refractivity contribution in [2.45, 2.75) is 46.0 Å². The fraction of sp³-hybridized carbons (Fsp3) is 0.846. The summed E-state index contributed by atoms with van der Waals surface area (Å²) in [5.41, 5.74) is 5.65. The zero-order valence-electron chi connectivity index (χ0n) is 11.0. The van der Waals surface area contributed by atoms with Crippen molar-refractivity contribution in [3.05, 3.63) is 0 Å². The molecule has 0 aromatic heterocycles. The molecule has 3 N–H and O–H groups in total. The number of unbranched alkanes of at least 4 members (excludes halogenated alkanes) is 2. The molecular formula is C13H25N3O. The summed E-state index contributed by atoms with van der Waals surface area (Å²) in [6.07, 6.45) is 3.81. The maximum Gasteiger partial charge on any atom is 0.220 e. The molecule has 0 heterocycles. The average molecular weight is 239 g/mol. The van der Waals surface area contributed by atoms with E-state index in [1.165, 1.54) is 0 Å². The lowest BCUT2D eigenvalue weighted by Crippen LogP contribution is -2.29. The van der Waals surface area contributed by atoms with E-state index in [1.54, 1.807) is 0 Å². The first kappa shape index (κ1) is 15.9. The first-order valence-corrected chi connectivity index (χ1v) is 6.43. The second-order valence-electron chi connectivity index (χ2n) is 4.90. The minimum absolute atomic E-state index is 0.0815. The fourth-order valence-electron chi connectivity index (χ4n) is 1.82. The molecule has 4 nitrogen and oxygen atoms in total. The lowest BCUT2D eigenvalue weighted by molar-refractivity contribution is -0.122. The lowest BCUT2D eigenvalue weighted by atomic mass is 9.94. The van der Waals surface area contributed by atoms with Crippen molar-refractivity contribution in [1.82, 2.24) is 5.32 Å². The summed E-state index contributed by atoms with van der Waals surface area (Å²) in [6, 6.07) is 2.09. The van der Waals surface area contributed by atoms with Gasteiger partial charge in [0.05, 0.1) is 6.07 Å². The van der Waals surface area contributed by atoms with Gasteiger partial charge in [0.1, 0.15) is 0 Å². The topological polar surface area (TPSA) is 78.9 Å². The molecule has 1 amide bonds. The van der Waals surface area contributed by atoms with Gasteiger partial charge < -0.3 is 11.1 Å². The second kappa shape index (κ2) is 10.1. The fourth-order valence-corrected chi connectivity index (χ4v) is 1.82. The molecule has 0 rings (SSSR count). The van der Waals surface area contributed by atoms with Crippen LogP contribution < -0.4 is 11.1 Å². The van der Waals surface area contributed by atoms with Crippen LogP contribution in [-0.4, -0.2) is 19.0 Å². The molecular weight excluding hydrogens is 214 g/mol. The predicted octanol–water partition coefficient (Wildman–Crippen LogP) is 1.81. The van der Waals surface area contributed by atoms with Crippen molar-refractivity contribution in [2.24, 2.45) is 17.6 Å². The maximum atomic E-state index is 11.6. The van der Waals surface area contributed by atoms with Crippen LogP contribution in [0.25, 0.3) is 0 Å². The van der Waals surface area contributed by atoms with Crippen molar-refractivity contribution < 1.29 is 4.79 Å². The molecule has 0 aliphatic heterocycles. The summed E-state index contributed by atoms with van der Waals surface area (Å²) < 4.78 is 0. The first-order valence-electron chi connectivity index (χ1n) is 6.43. The predicted molar refractivity (Wildman–Crippen MR) is 69.1 cm³/mol. The number of carbonyl (C=O) groups is 1. The Morgan fingerprint density at radius 1 is 1.41 bits per heavy atom. The van der Waals surface area contributed by atoms with Crippen molar-refractivity contribution >= 4 is 5.91 Å². The zero-order chi connectivity index (χ0) is 13.1. The summed E-state index contributed by atoms with van der Waals surface area (Å²) in [6.45, 7) is 5.52. The lowest BCUT2D eigenvalue weighted by Gasteiger charge is -2.16. The number of nitrogens with one attached hydrogen (secondary N) is 1. The van der Waals surface area contributed by atoms with Crippen molar-refractivity contribution in [2.75, 3.05) is 13.1 Å². The van der Waals surface area contributed by atoms with Crippen LogP contribution in [0.5, 0.6) is 0 Å². The quantitative estimate of drug-likeness (QED) is 0.602. The second-order valence-corrected chi connectivity index (χ2v) is 4.90. The van der Waals surface area contributed by atoms with Gasteiger partial charge in [-0.2, -0.15) is 5.26 Å². The third-order valence-electron chi connectivity index (χ3n) is 2.65. The molecule has 0 fully saturated rings. The van der Waals surface area contributed by atoms with Gasteiger partial charge in [0.15, 0.2) is 0 Å². The van der Waals surface area contributed by atoms with Crippen molar-refractivity contribution in [3.63, 3.8) is 0 Å². The highest BCUT2D eigenvalue weighted by atomic mass is 16.1. The van der Waals surface area contributed by atoms with E-state index in [4.69, 9.17) is 11.0 Å². The monoisotopic (exact) mass is 239 g/mol. The number of hydrogen-bond donors (Lipinski definition) is 2. The molecule has 0 saturated carbocycles. The van der Waals surface area contributed by atoms with Crippen LogP contribution in [0, 0.1) is 23.2 Å². The molecule has 0 aliphatic rings. The van der Waals surface area contributed by atoms with Crippen LogP contribution >= 0.6 is 0 Å². The Labute approximate surface area is 105 Å². The standard InChI is InChI=1S/C13H25N3O/c1-11(2)8-12(10-15)9-13(17)16-7-5-3-4-6-14/h11-12H,3-5,7-10,15H2,1-2H3,(H,16,17)/t12-/m0/s1. The first-order chi connectivity index (χ1) is 8.10. The molecule has 0 aromatic rings. The summed E-state index contributed by atoms with van der Waals surface area (Å²) >= 11 is 0. The van der Waals surface area contributed by atoms with Crippen LogP contribution in [0.3, 0.4) is 0 Å². The van der Waals surface area contributed by atoms with E-state index in [1.807, 2.05) is 0 Å². The molecule has 4 heteroatoms. The molecule has 0 aromatic carbocycles. The molecule has 0 saturated heterocycles. The van der Waals surface area contributed by atoms with Gasteiger partial charge >= 0.3 is 0 Å². The molecule has 0 spiro atoms. The largest absolute Gasteiger partial charge is 0.356 e. The Morgan fingerprint density at radius 2 is 2.12 bits per heavy atom. The normalized spacial score (nSPS) is 12.2. The highest BCUT2D eigenvalue weighted by molar-refractivity contribution is 5.76. The van der Waals surface area contributed by atoms with Crippen LogP contribution in [-0.2, 0) is 4.79 Å². The van der Waals surface area contributed by atoms with E-state index in [2.05, 4.69) is 25.2 Å². The number of carbonyl (C=O) groups excluding carboxylic acids is 1. The Morgan fingerprint density at radius 3 is 2.65 bits per heavy atom. The molecule has 0 aliphatic carbocycles. The van der Waals surface area contributed by atoms with Gasteiger partial charge in [-0.05, 0) is 37.6 Å². The molecule has 1 atom stereocenters. The Bertz CT molecular complexity index is 246. The van der Waals surface area contributed by atoms with Crippen LogP contribution in [0.15, 0.2) is 0 Å². The van der Waals surface area contributed by atoms with E-state index in [9.17, 15) is 4.79 Å². The maximum absolute atomic E-state index is 11.6. The zero-order valence-corrected chi connectivity index (χ0v) is 11.0. The van der Waals surface area contributed by atoms with Crippen molar-refractivity contribution in [1.29, 1.82) is 5.26 Å². The number of hydrogen-bond acceptors (Lipinski definition) is 3. The minimum atomic E-state index is 0.0815. The summed E-state index contributed by atoms with van der Waals surface area (Å²) in [4.78, 5) is 11.6. The SMILES string of the molecule is CC(C)C[C@H](CN)CC(=O)NCCCCC#N. The highest BCUT2D eigenvalue weighted by Gasteiger charge is 2.13. The molecule has 98 valence electrons. The highest BCUT2D eigenvalue weighted by Crippen LogP contribution is 2.13. The van der Waals surface area contributed by atoms with Gasteiger partial charge in [-0.1, -0.05) is 13.8 Å². The molecule has 17 heavy (non-hydrogen) atoms. The number of amides is 1. The van der Waals surface area contributed by atoms with E-state index < -0.39 is 0 Å². The number of nitrogens with two attached hydrogens (primary N) is 1. The van der Waals surface area contributed by atoms with Gasteiger partial charge in [-0.15, -0.1) is 0 Å². The van der Waals surface area contributed by atoms with Gasteiger partial charge in [0, 0.05) is 19.4 Å². The van der Waals surface area contributed by atoms with Crippen LogP contribution in [0.4, 0.5) is 0 Å². The van der Waals surface area contributed by atoms with Gasteiger partial charge in [0.2, 0.25) is 5.91 Å². The van der Waals surface area contributed by atoms with E-state index in [-0.39, 0.29) is 11.8 Å². The smallest absolute Gasteiger partial charge is 0.220 e. The Kier molecular flexibility index (Phi) is 9.46. The van der Waals surface area contributed by atoms with Gasteiger partial charge in [0.25, 0.3) is 0 Å². The molecule has 0 bridgehead atoms. The number of rotatable bonds is 9. The Balaban J connectivity index is 3.65. The van der Waals surface area contributed by atoms with Gasteiger partial charge in [-0.25, -0.2) is 0 Å². The minimum Gasteiger partial charge on any atom is -0.356 e. The van der Waals surface area contributed by atoms with Crippen LogP contribution in [0.1, 0.15) is 46.0 Å². The van der Waals surface area contributed by atoms with E-state index in [0.717, 1.165) is 19.3 Å². The number of nitriles is 1. The molecule has 0 radical (unpaired) electrons. The van der Waals surface area contributed by atoms with E-state index >= 15 is 0 Å². The summed E-state index contributed by atoms with van der Waals surface area (Å²) in [7, 11) is 0. The number of nitrogens with zero attached hydrogens (tertiary/aromatic N) is 1. The van der Waals surface area contributed by atoms with E-state index in [0.29, 0.717) is 31.8 Å².